The molecule has 0 aliphatic rings. The summed E-state index contributed by atoms with van der Waals surface area (Å²) in [4.78, 5) is 4.56. The van der Waals surface area contributed by atoms with Crippen LogP contribution >= 0.6 is 11.8 Å². The molecule has 0 fully saturated rings. The molecule has 2 aromatic rings. The fourth-order valence-corrected chi connectivity index (χ4v) is 2.91. The Balaban J connectivity index is 2.28. The van der Waals surface area contributed by atoms with E-state index in [0.717, 1.165) is 27.6 Å². The highest BCUT2D eigenvalue weighted by Crippen LogP contribution is 2.28. The first-order chi connectivity index (χ1) is 9.13. The van der Waals surface area contributed by atoms with Gasteiger partial charge in [0.05, 0.1) is 5.56 Å². The normalized spacial score (nSPS) is 10.2. The molecule has 0 spiro atoms. The molecule has 0 saturated carbocycles. The number of thioether (sulfide) groups is 1. The summed E-state index contributed by atoms with van der Waals surface area (Å²) in [5.41, 5.74) is 5.12. The number of nitrogens with zero attached hydrogens (tertiary/aromatic N) is 2. The van der Waals surface area contributed by atoms with Gasteiger partial charge in [-0.2, -0.15) is 5.26 Å². The SMILES string of the molecule is Cc1nc(SCc2ccccc2)c(C#N)c(C)c1C. The van der Waals surface area contributed by atoms with E-state index >= 15 is 0 Å². The van der Waals surface area contributed by atoms with Crippen LogP contribution in [-0.2, 0) is 5.75 Å². The number of nitriles is 1. The number of aromatic nitrogens is 1. The second-order valence-electron chi connectivity index (χ2n) is 4.51. The maximum atomic E-state index is 9.31. The van der Waals surface area contributed by atoms with Crippen LogP contribution in [0.5, 0.6) is 0 Å². The molecule has 0 bridgehead atoms. The average Bonchev–Trinajstić information content (AvgIpc) is 2.44. The Morgan fingerprint density at radius 2 is 1.79 bits per heavy atom. The van der Waals surface area contributed by atoms with E-state index in [-0.39, 0.29) is 0 Å². The first-order valence-electron chi connectivity index (χ1n) is 6.18. The van der Waals surface area contributed by atoms with Gasteiger partial charge in [-0.3, -0.25) is 0 Å². The van der Waals surface area contributed by atoms with Gasteiger partial charge in [-0.05, 0) is 37.5 Å². The maximum Gasteiger partial charge on any atom is 0.115 e. The van der Waals surface area contributed by atoms with Gasteiger partial charge in [-0.1, -0.05) is 30.3 Å². The maximum absolute atomic E-state index is 9.31. The van der Waals surface area contributed by atoms with Gasteiger partial charge in [0.1, 0.15) is 11.1 Å². The van der Waals surface area contributed by atoms with Gasteiger partial charge >= 0.3 is 0 Å². The van der Waals surface area contributed by atoms with Crippen molar-refractivity contribution in [2.24, 2.45) is 0 Å². The molecule has 96 valence electrons. The summed E-state index contributed by atoms with van der Waals surface area (Å²) in [6.07, 6.45) is 0. The summed E-state index contributed by atoms with van der Waals surface area (Å²) in [5, 5.41) is 10.1. The first kappa shape index (κ1) is 13.6. The van der Waals surface area contributed by atoms with Crippen molar-refractivity contribution in [1.29, 1.82) is 5.26 Å². The summed E-state index contributed by atoms with van der Waals surface area (Å²) in [7, 11) is 0. The fourth-order valence-electron chi connectivity index (χ4n) is 1.87. The monoisotopic (exact) mass is 268 g/mol. The summed E-state index contributed by atoms with van der Waals surface area (Å²) < 4.78 is 0. The third kappa shape index (κ3) is 2.97. The highest BCUT2D eigenvalue weighted by molar-refractivity contribution is 7.98. The van der Waals surface area contributed by atoms with Gasteiger partial charge in [0.15, 0.2) is 0 Å². The number of aryl methyl sites for hydroxylation is 1. The van der Waals surface area contributed by atoms with Crippen LogP contribution in [-0.4, -0.2) is 4.98 Å². The molecule has 3 heteroatoms. The third-order valence-corrected chi connectivity index (χ3v) is 4.34. The summed E-state index contributed by atoms with van der Waals surface area (Å²) >= 11 is 1.63. The van der Waals surface area contributed by atoms with E-state index in [0.29, 0.717) is 5.56 Å². The van der Waals surface area contributed by atoms with Gasteiger partial charge < -0.3 is 0 Å². The molecule has 0 aliphatic carbocycles. The summed E-state index contributed by atoms with van der Waals surface area (Å²) in [5.74, 6) is 0.838. The molecular formula is C16H16N2S. The number of pyridine rings is 1. The molecule has 2 nitrogen and oxygen atoms in total. The Hall–Kier alpha value is -1.79. The molecule has 1 aromatic carbocycles. The van der Waals surface area contributed by atoms with Crippen molar-refractivity contribution < 1.29 is 0 Å². The Kier molecular flexibility index (Phi) is 4.24. The van der Waals surface area contributed by atoms with Gasteiger partial charge in [0.25, 0.3) is 0 Å². The number of hydrogen-bond donors (Lipinski definition) is 0. The first-order valence-corrected chi connectivity index (χ1v) is 7.16. The van der Waals surface area contributed by atoms with Crippen LogP contribution in [0, 0.1) is 32.1 Å². The third-order valence-electron chi connectivity index (χ3n) is 3.29. The molecule has 0 N–H and O–H groups in total. The van der Waals surface area contributed by atoms with Gasteiger partial charge in [0.2, 0.25) is 0 Å². The second kappa shape index (κ2) is 5.90. The molecule has 0 radical (unpaired) electrons. The zero-order chi connectivity index (χ0) is 13.8. The largest absolute Gasteiger partial charge is 0.245 e. The van der Waals surface area contributed by atoms with Crippen molar-refractivity contribution in [3.05, 3.63) is 58.3 Å². The minimum absolute atomic E-state index is 0.712. The molecule has 0 atom stereocenters. The van der Waals surface area contributed by atoms with Crippen LogP contribution in [0.3, 0.4) is 0 Å². The van der Waals surface area contributed by atoms with Crippen molar-refractivity contribution in [2.75, 3.05) is 0 Å². The zero-order valence-corrected chi connectivity index (χ0v) is 12.2. The molecule has 0 unspecified atom stereocenters. The molecule has 19 heavy (non-hydrogen) atoms. The number of hydrogen-bond acceptors (Lipinski definition) is 3. The van der Waals surface area contributed by atoms with E-state index in [4.69, 9.17) is 0 Å². The predicted octanol–water partition coefficient (Wildman–Crippen LogP) is 4.17. The molecule has 0 saturated heterocycles. The van der Waals surface area contributed by atoms with Gasteiger partial charge in [-0.25, -0.2) is 4.98 Å². The van der Waals surface area contributed by atoms with Crippen molar-refractivity contribution >= 4 is 11.8 Å². The lowest BCUT2D eigenvalue weighted by Gasteiger charge is -2.11. The minimum atomic E-state index is 0.712. The van der Waals surface area contributed by atoms with Crippen molar-refractivity contribution in [3.63, 3.8) is 0 Å². The molecule has 2 rings (SSSR count). The van der Waals surface area contributed by atoms with Crippen LogP contribution in [0.4, 0.5) is 0 Å². The van der Waals surface area contributed by atoms with Crippen molar-refractivity contribution in [1.82, 2.24) is 4.98 Å². The van der Waals surface area contributed by atoms with E-state index in [1.165, 1.54) is 5.56 Å². The number of benzene rings is 1. The van der Waals surface area contributed by atoms with E-state index in [9.17, 15) is 5.26 Å². The molecule has 0 amide bonds. The van der Waals surface area contributed by atoms with E-state index in [1.807, 2.05) is 39.0 Å². The Morgan fingerprint density at radius 3 is 2.42 bits per heavy atom. The second-order valence-corrected chi connectivity index (χ2v) is 5.48. The van der Waals surface area contributed by atoms with E-state index in [1.54, 1.807) is 11.8 Å². The summed E-state index contributed by atoms with van der Waals surface area (Å²) in [6.45, 7) is 6.01. The highest BCUT2D eigenvalue weighted by atomic mass is 32.2. The standard InChI is InChI=1S/C16H16N2S/c1-11-12(2)15(9-17)16(18-13(11)3)19-10-14-7-5-4-6-8-14/h4-8H,10H2,1-3H3. The smallest absolute Gasteiger partial charge is 0.115 e. The quantitative estimate of drug-likeness (QED) is 0.784. The Labute approximate surface area is 118 Å². The van der Waals surface area contributed by atoms with Crippen molar-refractivity contribution in [2.45, 2.75) is 31.6 Å². The van der Waals surface area contributed by atoms with Crippen LogP contribution in [0.15, 0.2) is 35.4 Å². The molecule has 1 heterocycles. The topological polar surface area (TPSA) is 36.7 Å². The van der Waals surface area contributed by atoms with E-state index < -0.39 is 0 Å². The predicted molar refractivity (Wildman–Crippen MR) is 79.2 cm³/mol. The van der Waals surface area contributed by atoms with Crippen LogP contribution in [0.1, 0.15) is 27.9 Å². The molecular weight excluding hydrogens is 252 g/mol. The number of rotatable bonds is 3. The molecule has 0 aliphatic heterocycles. The Bertz CT molecular complexity index is 627. The van der Waals surface area contributed by atoms with Gasteiger partial charge in [-0.15, -0.1) is 11.8 Å². The highest BCUT2D eigenvalue weighted by Gasteiger charge is 2.12. The van der Waals surface area contributed by atoms with Gasteiger partial charge in [0, 0.05) is 11.4 Å². The average molecular weight is 268 g/mol. The lowest BCUT2D eigenvalue weighted by Crippen LogP contribution is -1.99. The lowest BCUT2D eigenvalue weighted by atomic mass is 10.1. The Morgan fingerprint density at radius 1 is 1.11 bits per heavy atom. The molecule has 1 aromatic heterocycles. The van der Waals surface area contributed by atoms with Crippen LogP contribution in [0.2, 0.25) is 0 Å². The summed E-state index contributed by atoms with van der Waals surface area (Å²) in [6, 6.07) is 12.5. The zero-order valence-electron chi connectivity index (χ0n) is 11.4. The van der Waals surface area contributed by atoms with Crippen LogP contribution in [0.25, 0.3) is 0 Å². The van der Waals surface area contributed by atoms with Crippen LogP contribution < -0.4 is 0 Å². The lowest BCUT2D eigenvalue weighted by molar-refractivity contribution is 0.998. The van der Waals surface area contributed by atoms with E-state index in [2.05, 4.69) is 23.2 Å². The fraction of sp³-hybridized carbons (Fsp3) is 0.250. The minimum Gasteiger partial charge on any atom is -0.245 e. The van der Waals surface area contributed by atoms with Crippen molar-refractivity contribution in [3.8, 4) is 6.07 Å².